The van der Waals surface area contributed by atoms with Crippen molar-refractivity contribution in [2.24, 2.45) is 27.6 Å². The van der Waals surface area contributed by atoms with Crippen LogP contribution in [0.1, 0.15) is 53.9 Å². The molecule has 5 unspecified atom stereocenters. The van der Waals surface area contributed by atoms with Crippen LogP contribution >= 0.6 is 0 Å². The molecule has 0 radical (unpaired) electrons. The van der Waals surface area contributed by atoms with E-state index < -0.39 is 10.8 Å². The third-order valence-electron chi connectivity index (χ3n) is 7.39. The molecule has 3 fully saturated rings. The van der Waals surface area contributed by atoms with E-state index in [9.17, 15) is 9.59 Å². The highest BCUT2D eigenvalue weighted by Crippen LogP contribution is 2.82. The Morgan fingerprint density at radius 3 is 2.12 bits per heavy atom. The molecule has 3 saturated carbocycles. The molecule has 3 rings (SSSR count). The molecule has 94 valence electrons. The average molecular weight is 234 g/mol. The second-order valence-electron chi connectivity index (χ2n) is 7.53. The van der Waals surface area contributed by atoms with Gasteiger partial charge in [0.05, 0.1) is 6.42 Å². The maximum absolute atomic E-state index is 12.5. The molecule has 0 aromatic rings. The van der Waals surface area contributed by atoms with E-state index in [2.05, 4.69) is 34.6 Å². The Hall–Kier alpha value is -0.660. The SMILES string of the molecule is CC1CC2(C)CC1(C)C1(C)C(=O)CC(=O)C21C. The zero-order valence-corrected chi connectivity index (χ0v) is 11.5. The predicted molar refractivity (Wildman–Crippen MR) is 65.5 cm³/mol. The zero-order valence-electron chi connectivity index (χ0n) is 11.5. The normalized spacial score (nSPS) is 61.1. The lowest BCUT2D eigenvalue weighted by Gasteiger charge is -2.53. The molecule has 3 aliphatic carbocycles. The molecule has 0 aromatic heterocycles. The number of carbonyl (C=O) groups is 2. The molecular formula is C15H22O2. The highest BCUT2D eigenvalue weighted by Gasteiger charge is 2.82. The summed E-state index contributed by atoms with van der Waals surface area (Å²) in [5.74, 6) is 0.936. The number of hydrogen-bond donors (Lipinski definition) is 0. The van der Waals surface area contributed by atoms with Crippen molar-refractivity contribution in [3.05, 3.63) is 0 Å². The van der Waals surface area contributed by atoms with Gasteiger partial charge < -0.3 is 0 Å². The molecule has 0 spiro atoms. The fourth-order valence-electron chi connectivity index (χ4n) is 5.90. The summed E-state index contributed by atoms with van der Waals surface area (Å²) in [6, 6.07) is 0. The number of ketones is 2. The molecule has 2 nitrogen and oxygen atoms in total. The Kier molecular flexibility index (Phi) is 1.70. The van der Waals surface area contributed by atoms with Gasteiger partial charge in [-0.3, -0.25) is 9.59 Å². The molecule has 2 bridgehead atoms. The minimum atomic E-state index is -0.427. The summed E-state index contributed by atoms with van der Waals surface area (Å²) in [5.41, 5.74) is -0.805. The van der Waals surface area contributed by atoms with E-state index in [0.29, 0.717) is 5.92 Å². The van der Waals surface area contributed by atoms with Crippen molar-refractivity contribution in [1.82, 2.24) is 0 Å². The number of Topliss-reactive ketones (excluding diaryl/α,β-unsaturated/α-hetero) is 2. The first kappa shape index (κ1) is 11.4. The van der Waals surface area contributed by atoms with Crippen molar-refractivity contribution < 1.29 is 9.59 Å². The maximum atomic E-state index is 12.5. The molecule has 17 heavy (non-hydrogen) atoms. The van der Waals surface area contributed by atoms with E-state index in [1.807, 2.05) is 0 Å². The van der Waals surface area contributed by atoms with E-state index >= 15 is 0 Å². The Morgan fingerprint density at radius 1 is 1.00 bits per heavy atom. The van der Waals surface area contributed by atoms with Gasteiger partial charge in [-0.1, -0.05) is 34.6 Å². The minimum Gasteiger partial charge on any atom is -0.299 e. The first-order valence-corrected chi connectivity index (χ1v) is 6.70. The fraction of sp³-hybridized carbons (Fsp3) is 0.867. The zero-order chi connectivity index (χ0) is 12.9. The standard InChI is InChI=1S/C15H22O2/c1-9-7-12(2)8-13(9,3)15(5)11(17)6-10(16)14(12,15)4/h9H,6-8H2,1-5H3. The first-order chi connectivity index (χ1) is 7.63. The quantitative estimate of drug-likeness (QED) is 0.604. The molecule has 0 saturated heterocycles. The van der Waals surface area contributed by atoms with Gasteiger partial charge >= 0.3 is 0 Å². The predicted octanol–water partition coefficient (Wildman–Crippen LogP) is 3.00. The van der Waals surface area contributed by atoms with Crippen molar-refractivity contribution in [3.63, 3.8) is 0 Å². The highest BCUT2D eigenvalue weighted by atomic mass is 16.2. The van der Waals surface area contributed by atoms with Gasteiger partial charge in [-0.15, -0.1) is 0 Å². The Morgan fingerprint density at radius 2 is 1.53 bits per heavy atom. The summed E-state index contributed by atoms with van der Waals surface area (Å²) in [5, 5.41) is 0. The van der Waals surface area contributed by atoms with Crippen molar-refractivity contribution >= 4 is 11.6 Å². The Labute approximate surface area is 103 Å². The first-order valence-electron chi connectivity index (χ1n) is 6.70. The smallest absolute Gasteiger partial charge is 0.147 e. The summed E-state index contributed by atoms with van der Waals surface area (Å²) < 4.78 is 0. The third-order valence-corrected chi connectivity index (χ3v) is 7.39. The van der Waals surface area contributed by atoms with Crippen molar-refractivity contribution in [1.29, 1.82) is 0 Å². The third kappa shape index (κ3) is 0.775. The molecule has 5 atom stereocenters. The van der Waals surface area contributed by atoms with Crippen LogP contribution in [0.15, 0.2) is 0 Å². The van der Waals surface area contributed by atoms with Crippen LogP contribution in [0.3, 0.4) is 0 Å². The van der Waals surface area contributed by atoms with Crippen LogP contribution in [-0.2, 0) is 9.59 Å². The summed E-state index contributed by atoms with van der Waals surface area (Å²) in [7, 11) is 0. The topological polar surface area (TPSA) is 34.1 Å². The lowest BCUT2D eigenvalue weighted by atomic mass is 9.48. The fourth-order valence-corrected chi connectivity index (χ4v) is 5.90. The minimum absolute atomic E-state index is 0.0136. The number of fused-ring (bicyclic) bond motifs is 5. The Balaban J connectivity index is 2.32. The van der Waals surface area contributed by atoms with E-state index in [-0.39, 0.29) is 28.8 Å². The van der Waals surface area contributed by atoms with Gasteiger partial charge in [0.15, 0.2) is 0 Å². The summed E-state index contributed by atoms with van der Waals surface area (Å²) >= 11 is 0. The summed E-state index contributed by atoms with van der Waals surface area (Å²) in [4.78, 5) is 24.9. The molecule has 0 aromatic carbocycles. The monoisotopic (exact) mass is 234 g/mol. The molecular weight excluding hydrogens is 212 g/mol. The van der Waals surface area contributed by atoms with E-state index in [0.717, 1.165) is 12.8 Å². The van der Waals surface area contributed by atoms with Crippen LogP contribution < -0.4 is 0 Å². The lowest BCUT2D eigenvalue weighted by Crippen LogP contribution is -2.54. The highest BCUT2D eigenvalue weighted by molar-refractivity contribution is 6.14. The summed E-state index contributed by atoms with van der Waals surface area (Å²) in [6.07, 6.45) is 2.30. The van der Waals surface area contributed by atoms with Gasteiger partial charge in [-0.05, 0) is 29.6 Å². The van der Waals surface area contributed by atoms with E-state index in [1.165, 1.54) is 0 Å². The largest absolute Gasteiger partial charge is 0.299 e. The van der Waals surface area contributed by atoms with E-state index in [4.69, 9.17) is 0 Å². The van der Waals surface area contributed by atoms with Gasteiger partial charge in [0.2, 0.25) is 0 Å². The molecule has 2 heteroatoms. The molecule has 0 aliphatic heterocycles. The summed E-state index contributed by atoms with van der Waals surface area (Å²) in [6.45, 7) is 10.9. The van der Waals surface area contributed by atoms with Crippen LogP contribution in [0.4, 0.5) is 0 Å². The molecule has 0 N–H and O–H groups in total. The van der Waals surface area contributed by atoms with E-state index in [1.54, 1.807) is 0 Å². The van der Waals surface area contributed by atoms with Gasteiger partial charge in [-0.25, -0.2) is 0 Å². The van der Waals surface area contributed by atoms with Crippen molar-refractivity contribution in [3.8, 4) is 0 Å². The van der Waals surface area contributed by atoms with Crippen LogP contribution in [0.2, 0.25) is 0 Å². The van der Waals surface area contributed by atoms with Gasteiger partial charge in [0, 0.05) is 10.8 Å². The second kappa shape index (κ2) is 2.53. The van der Waals surface area contributed by atoms with Gasteiger partial charge in [0.1, 0.15) is 11.6 Å². The maximum Gasteiger partial charge on any atom is 0.147 e. The number of carbonyl (C=O) groups excluding carboxylic acids is 2. The van der Waals surface area contributed by atoms with Crippen LogP contribution in [0.25, 0.3) is 0 Å². The van der Waals surface area contributed by atoms with Crippen molar-refractivity contribution in [2.75, 3.05) is 0 Å². The molecule has 0 amide bonds. The average Bonchev–Trinajstić information content (AvgIpc) is 2.61. The lowest BCUT2D eigenvalue weighted by molar-refractivity contribution is -0.151. The Bertz CT molecular complexity index is 454. The molecule has 3 aliphatic rings. The number of hydrogen-bond acceptors (Lipinski definition) is 2. The van der Waals surface area contributed by atoms with Crippen molar-refractivity contribution in [2.45, 2.75) is 53.9 Å². The van der Waals surface area contributed by atoms with Crippen LogP contribution in [0, 0.1) is 27.6 Å². The van der Waals surface area contributed by atoms with Gasteiger partial charge in [0.25, 0.3) is 0 Å². The van der Waals surface area contributed by atoms with Crippen LogP contribution in [-0.4, -0.2) is 11.6 Å². The number of rotatable bonds is 0. The molecule has 0 heterocycles. The van der Waals surface area contributed by atoms with Gasteiger partial charge in [-0.2, -0.15) is 0 Å². The van der Waals surface area contributed by atoms with Crippen LogP contribution in [0.5, 0.6) is 0 Å². The second-order valence-corrected chi connectivity index (χ2v) is 7.53.